The third kappa shape index (κ3) is 2.31. The molecule has 1 aromatic heterocycles. The monoisotopic (exact) mass is 272 g/mol. The topological polar surface area (TPSA) is 32.3 Å². The number of rotatable bonds is 2. The number of aromatic nitrogens is 2. The molecule has 1 aromatic carbocycles. The molecule has 0 radical (unpaired) electrons. The van der Waals surface area contributed by atoms with Gasteiger partial charge in [0.25, 0.3) is 5.82 Å². The Balaban J connectivity index is 1.97. The van der Waals surface area contributed by atoms with E-state index in [1.54, 1.807) is 0 Å². The third-order valence-corrected chi connectivity index (χ3v) is 4.19. The molecule has 0 bridgehead atoms. The largest absolute Gasteiger partial charge is 0.389 e. The minimum atomic E-state index is -0.205. The molecule has 0 amide bonds. The molecule has 1 fully saturated rings. The average Bonchev–Trinajstić information content (AvgIpc) is 2.76. The number of hydrogen-bond donors (Lipinski definition) is 1. The lowest BCUT2D eigenvalue weighted by Gasteiger charge is -2.24. The van der Waals surface area contributed by atoms with Gasteiger partial charge < -0.3 is 5.11 Å². The summed E-state index contributed by atoms with van der Waals surface area (Å²) in [6, 6.07) is 12.6. The number of hydrogen-bond acceptors (Lipinski definition) is 2. The van der Waals surface area contributed by atoms with Crippen LogP contribution in [0.15, 0.2) is 36.4 Å². The van der Waals surface area contributed by atoms with Crippen molar-refractivity contribution in [1.29, 1.82) is 0 Å². The SMILES string of the molecule is Cn1c(-c2ccccc2)cc(N2CCCC(O)C2)[n+]1C. The second-order valence-corrected chi connectivity index (χ2v) is 5.54. The van der Waals surface area contributed by atoms with E-state index in [2.05, 4.69) is 58.7 Å². The average molecular weight is 272 g/mol. The van der Waals surface area contributed by atoms with Crippen LogP contribution in [0.1, 0.15) is 12.8 Å². The predicted octanol–water partition coefficient (Wildman–Crippen LogP) is 1.48. The Labute approximate surface area is 119 Å². The second kappa shape index (κ2) is 5.29. The highest BCUT2D eigenvalue weighted by atomic mass is 16.3. The molecule has 4 heteroatoms. The van der Waals surface area contributed by atoms with Crippen LogP contribution in [0.2, 0.25) is 0 Å². The highest BCUT2D eigenvalue weighted by molar-refractivity contribution is 5.62. The van der Waals surface area contributed by atoms with E-state index in [9.17, 15) is 5.11 Å². The van der Waals surface area contributed by atoms with Crippen LogP contribution in [0.3, 0.4) is 0 Å². The molecule has 0 aliphatic carbocycles. The van der Waals surface area contributed by atoms with Crippen LogP contribution < -0.4 is 9.58 Å². The Morgan fingerprint density at radius 3 is 2.70 bits per heavy atom. The normalized spacial score (nSPS) is 19.4. The molecule has 20 heavy (non-hydrogen) atoms. The molecule has 3 rings (SSSR count). The summed E-state index contributed by atoms with van der Waals surface area (Å²) in [5.74, 6) is 1.17. The van der Waals surface area contributed by atoms with Gasteiger partial charge in [0.2, 0.25) is 0 Å². The van der Waals surface area contributed by atoms with E-state index >= 15 is 0 Å². The van der Waals surface area contributed by atoms with E-state index in [0.717, 1.165) is 25.9 Å². The first-order valence-corrected chi connectivity index (χ1v) is 7.21. The Morgan fingerprint density at radius 2 is 2.00 bits per heavy atom. The lowest BCUT2D eigenvalue weighted by Crippen LogP contribution is -2.47. The maximum atomic E-state index is 9.87. The zero-order valence-electron chi connectivity index (χ0n) is 12.2. The van der Waals surface area contributed by atoms with Gasteiger partial charge >= 0.3 is 0 Å². The summed E-state index contributed by atoms with van der Waals surface area (Å²) in [5.41, 5.74) is 2.41. The number of nitrogens with zero attached hydrogens (tertiary/aromatic N) is 3. The zero-order chi connectivity index (χ0) is 14.1. The van der Waals surface area contributed by atoms with Crippen molar-refractivity contribution in [1.82, 2.24) is 4.68 Å². The predicted molar refractivity (Wildman–Crippen MR) is 79.5 cm³/mol. The minimum absolute atomic E-state index is 0.205. The van der Waals surface area contributed by atoms with E-state index in [4.69, 9.17) is 0 Å². The van der Waals surface area contributed by atoms with Gasteiger partial charge in [-0.1, -0.05) is 30.3 Å². The summed E-state index contributed by atoms with van der Waals surface area (Å²) in [6.07, 6.45) is 1.76. The number of aliphatic hydroxyl groups is 1. The standard InChI is InChI=1S/C16H22N3O/c1-17-15(13-7-4-3-5-8-13)11-16(18(17)2)19-10-6-9-14(20)12-19/h3-5,7-8,11,14,20H,6,9-10,12H2,1-2H3/q+1. The van der Waals surface area contributed by atoms with Crippen LogP contribution in [0.25, 0.3) is 11.3 Å². The second-order valence-electron chi connectivity index (χ2n) is 5.54. The number of aliphatic hydroxyl groups excluding tert-OH is 1. The molecule has 0 spiro atoms. The van der Waals surface area contributed by atoms with Gasteiger partial charge in [0.05, 0.1) is 24.4 Å². The number of β-amino-alcohol motifs (C(OH)–C–C–N with tert-alkyl or cyclic N) is 1. The number of benzene rings is 1. The Bertz CT molecular complexity index is 591. The van der Waals surface area contributed by atoms with Gasteiger partial charge in [0.1, 0.15) is 13.6 Å². The van der Waals surface area contributed by atoms with Crippen molar-refractivity contribution in [2.24, 2.45) is 14.1 Å². The molecule has 106 valence electrons. The molecule has 1 unspecified atom stereocenters. The van der Waals surface area contributed by atoms with Crippen molar-refractivity contribution in [2.45, 2.75) is 18.9 Å². The molecule has 1 saturated heterocycles. The Kier molecular flexibility index (Phi) is 3.49. The van der Waals surface area contributed by atoms with Crippen LogP contribution in [-0.2, 0) is 14.1 Å². The molecule has 1 N–H and O–H groups in total. The first kappa shape index (κ1) is 13.2. The van der Waals surface area contributed by atoms with Gasteiger partial charge in [0.15, 0.2) is 0 Å². The molecule has 2 aromatic rings. The van der Waals surface area contributed by atoms with Gasteiger partial charge in [-0.05, 0) is 12.8 Å². The van der Waals surface area contributed by atoms with E-state index in [1.165, 1.54) is 17.1 Å². The highest BCUT2D eigenvalue weighted by Crippen LogP contribution is 2.24. The third-order valence-electron chi connectivity index (χ3n) is 4.19. The molecule has 1 aliphatic heterocycles. The number of anilines is 1. The molecule has 1 aliphatic rings. The van der Waals surface area contributed by atoms with Crippen LogP contribution in [-0.4, -0.2) is 29.0 Å². The van der Waals surface area contributed by atoms with Gasteiger partial charge in [-0.25, -0.2) is 4.68 Å². The van der Waals surface area contributed by atoms with Crippen molar-refractivity contribution in [3.8, 4) is 11.3 Å². The van der Waals surface area contributed by atoms with Crippen molar-refractivity contribution < 1.29 is 9.79 Å². The van der Waals surface area contributed by atoms with Crippen molar-refractivity contribution in [3.05, 3.63) is 36.4 Å². The van der Waals surface area contributed by atoms with Crippen molar-refractivity contribution >= 4 is 5.82 Å². The van der Waals surface area contributed by atoms with Crippen molar-refractivity contribution in [2.75, 3.05) is 18.0 Å². The van der Waals surface area contributed by atoms with E-state index in [1.807, 2.05) is 6.07 Å². The summed E-state index contributed by atoms with van der Waals surface area (Å²) < 4.78 is 4.31. The summed E-state index contributed by atoms with van der Waals surface area (Å²) in [7, 11) is 4.15. The van der Waals surface area contributed by atoms with Gasteiger partial charge in [-0.2, -0.15) is 4.68 Å². The van der Waals surface area contributed by atoms with Gasteiger partial charge in [0, 0.05) is 12.6 Å². The first-order valence-electron chi connectivity index (χ1n) is 7.21. The quantitative estimate of drug-likeness (QED) is 0.840. The highest BCUT2D eigenvalue weighted by Gasteiger charge is 2.28. The Hall–Kier alpha value is -1.81. The fourth-order valence-corrected chi connectivity index (χ4v) is 2.96. The van der Waals surface area contributed by atoms with Gasteiger partial charge in [-0.3, -0.25) is 4.90 Å². The van der Waals surface area contributed by atoms with E-state index < -0.39 is 0 Å². The molecular formula is C16H22N3O+. The maximum absolute atomic E-state index is 9.87. The van der Waals surface area contributed by atoms with Crippen molar-refractivity contribution in [3.63, 3.8) is 0 Å². The number of piperidine rings is 1. The van der Waals surface area contributed by atoms with Crippen LogP contribution in [0.4, 0.5) is 5.82 Å². The fourth-order valence-electron chi connectivity index (χ4n) is 2.96. The van der Waals surface area contributed by atoms with Crippen LogP contribution in [0, 0.1) is 0 Å². The fraction of sp³-hybridized carbons (Fsp3) is 0.438. The summed E-state index contributed by atoms with van der Waals surface area (Å²) in [5, 5.41) is 9.87. The first-order chi connectivity index (χ1) is 9.66. The lowest BCUT2D eigenvalue weighted by molar-refractivity contribution is -0.738. The van der Waals surface area contributed by atoms with Crippen LogP contribution in [0.5, 0.6) is 0 Å². The maximum Gasteiger partial charge on any atom is 0.297 e. The molecular weight excluding hydrogens is 250 g/mol. The van der Waals surface area contributed by atoms with E-state index in [-0.39, 0.29) is 6.10 Å². The molecule has 4 nitrogen and oxygen atoms in total. The zero-order valence-corrected chi connectivity index (χ0v) is 12.2. The summed E-state index contributed by atoms with van der Waals surface area (Å²) in [6.45, 7) is 1.75. The summed E-state index contributed by atoms with van der Waals surface area (Å²) >= 11 is 0. The van der Waals surface area contributed by atoms with Gasteiger partial charge in [-0.15, -0.1) is 0 Å². The molecule has 1 atom stereocenters. The smallest absolute Gasteiger partial charge is 0.297 e. The van der Waals surface area contributed by atoms with E-state index in [0.29, 0.717) is 0 Å². The molecule has 2 heterocycles. The van der Waals surface area contributed by atoms with Crippen LogP contribution >= 0.6 is 0 Å². The molecule has 0 saturated carbocycles. The Morgan fingerprint density at radius 1 is 1.25 bits per heavy atom. The summed E-state index contributed by atoms with van der Waals surface area (Å²) in [4.78, 5) is 2.28. The lowest BCUT2D eigenvalue weighted by atomic mass is 10.1. The minimum Gasteiger partial charge on any atom is -0.389 e.